The number of carbonyl (C=O) groups is 2. The predicted molar refractivity (Wildman–Crippen MR) is 146 cm³/mol. The molecule has 2 aromatic carbocycles. The molecule has 1 fully saturated rings. The number of aromatic nitrogens is 2. The van der Waals surface area contributed by atoms with Gasteiger partial charge in [-0.05, 0) is 37.5 Å². The number of amides is 2. The van der Waals surface area contributed by atoms with E-state index in [4.69, 9.17) is 32.7 Å². The van der Waals surface area contributed by atoms with Crippen LogP contribution in [-0.2, 0) is 23.1 Å². The Morgan fingerprint density at radius 3 is 2.60 bits per heavy atom. The maximum absolute atomic E-state index is 12.8. The molecule has 1 unspecified atom stereocenters. The maximum Gasteiger partial charge on any atom is 0.405 e. The second-order valence-corrected chi connectivity index (χ2v) is 10.5. The minimum absolute atomic E-state index is 0.0756. The number of nitrogens with one attached hydrogen (secondary N) is 3. The molecule has 1 atom stereocenters. The third kappa shape index (κ3) is 7.16. The van der Waals surface area contributed by atoms with Crippen LogP contribution < -0.4 is 20.7 Å². The van der Waals surface area contributed by atoms with Gasteiger partial charge in [0.2, 0.25) is 5.95 Å². The van der Waals surface area contributed by atoms with Crippen LogP contribution >= 0.6 is 23.2 Å². The first-order chi connectivity index (χ1) is 19.7. The van der Waals surface area contributed by atoms with E-state index >= 15 is 0 Å². The summed E-state index contributed by atoms with van der Waals surface area (Å²) in [6.45, 7) is -0.433. The standard InChI is InChI=1S/C26H26Cl2F5N5O4/c1-25(6-3-7-42-25)23(40)34-10-13-4-5-15(27)21(20(13)28)37-24-36-16-8-14(22(39)35-12-26(31,32)33)18(41-11-19(29)30)9-17(16)38(24)2/h4-5,8-9,19H,3,6-7,10-12H2,1-2H3,(H,34,40)(H,35,39)(H,36,37). The topological polar surface area (TPSA) is 107 Å². The molecule has 9 nitrogen and oxygen atoms in total. The van der Waals surface area contributed by atoms with Gasteiger partial charge in [-0.2, -0.15) is 13.2 Å². The van der Waals surface area contributed by atoms with Gasteiger partial charge in [-0.15, -0.1) is 0 Å². The monoisotopic (exact) mass is 637 g/mol. The zero-order valence-corrected chi connectivity index (χ0v) is 23.8. The number of ether oxygens (including phenoxy) is 2. The third-order valence-electron chi connectivity index (χ3n) is 6.59. The van der Waals surface area contributed by atoms with Crippen LogP contribution in [0.5, 0.6) is 5.75 Å². The van der Waals surface area contributed by atoms with Gasteiger partial charge in [-0.3, -0.25) is 9.59 Å². The molecular weight excluding hydrogens is 612 g/mol. The van der Waals surface area contributed by atoms with E-state index in [2.05, 4.69) is 15.6 Å². The van der Waals surface area contributed by atoms with Crippen LogP contribution in [0.15, 0.2) is 24.3 Å². The van der Waals surface area contributed by atoms with E-state index in [0.717, 1.165) is 12.5 Å². The summed E-state index contributed by atoms with van der Waals surface area (Å²) in [5.74, 6) is -1.67. The van der Waals surface area contributed by atoms with Crippen molar-refractivity contribution in [1.29, 1.82) is 0 Å². The highest BCUT2D eigenvalue weighted by Gasteiger charge is 2.37. The lowest BCUT2D eigenvalue weighted by Gasteiger charge is -2.22. The Morgan fingerprint density at radius 2 is 1.95 bits per heavy atom. The van der Waals surface area contributed by atoms with E-state index in [9.17, 15) is 31.5 Å². The Kier molecular flexibility index (Phi) is 9.38. The summed E-state index contributed by atoms with van der Waals surface area (Å²) in [7, 11) is 1.56. The predicted octanol–water partition coefficient (Wildman–Crippen LogP) is 5.75. The quantitative estimate of drug-likeness (QED) is 0.245. The number of benzene rings is 2. The number of fused-ring (bicyclic) bond motifs is 1. The summed E-state index contributed by atoms with van der Waals surface area (Å²) in [5.41, 5.74) is -0.122. The van der Waals surface area contributed by atoms with E-state index in [1.807, 2.05) is 0 Å². The zero-order chi connectivity index (χ0) is 30.8. The highest BCUT2D eigenvalue weighted by Crippen LogP contribution is 2.37. The van der Waals surface area contributed by atoms with E-state index in [1.54, 1.807) is 31.4 Å². The molecule has 16 heteroatoms. The van der Waals surface area contributed by atoms with Crippen LogP contribution in [0.2, 0.25) is 10.0 Å². The molecule has 1 aliphatic heterocycles. The van der Waals surface area contributed by atoms with Crippen molar-refractivity contribution in [3.05, 3.63) is 45.4 Å². The van der Waals surface area contributed by atoms with Crippen molar-refractivity contribution in [1.82, 2.24) is 20.2 Å². The zero-order valence-electron chi connectivity index (χ0n) is 22.3. The molecule has 1 aromatic heterocycles. The van der Waals surface area contributed by atoms with Gasteiger partial charge in [0.05, 0.1) is 32.3 Å². The average Bonchev–Trinajstić information content (AvgIpc) is 3.50. The lowest BCUT2D eigenvalue weighted by Crippen LogP contribution is -2.43. The van der Waals surface area contributed by atoms with Crippen LogP contribution in [0.3, 0.4) is 0 Å². The van der Waals surface area contributed by atoms with Crippen molar-refractivity contribution in [2.24, 2.45) is 7.05 Å². The van der Waals surface area contributed by atoms with Crippen LogP contribution in [0.1, 0.15) is 35.7 Å². The van der Waals surface area contributed by atoms with Gasteiger partial charge < -0.3 is 30.0 Å². The lowest BCUT2D eigenvalue weighted by atomic mass is 10.0. The Balaban J connectivity index is 1.62. The molecule has 4 rings (SSSR count). The minimum atomic E-state index is -4.69. The summed E-state index contributed by atoms with van der Waals surface area (Å²) in [6, 6.07) is 5.56. The molecule has 0 saturated carbocycles. The summed E-state index contributed by atoms with van der Waals surface area (Å²) in [6.07, 6.45) is -6.22. The van der Waals surface area contributed by atoms with E-state index < -0.39 is 42.8 Å². The number of rotatable bonds is 10. The van der Waals surface area contributed by atoms with Gasteiger partial charge in [0, 0.05) is 26.3 Å². The minimum Gasteiger partial charge on any atom is -0.487 e. The molecule has 0 radical (unpaired) electrons. The summed E-state index contributed by atoms with van der Waals surface area (Å²) in [5, 5.41) is 7.90. The van der Waals surface area contributed by atoms with Gasteiger partial charge in [-0.25, -0.2) is 13.8 Å². The van der Waals surface area contributed by atoms with Crippen LogP contribution in [0.25, 0.3) is 11.0 Å². The fourth-order valence-electron chi connectivity index (χ4n) is 4.34. The number of nitrogens with zero attached hydrogens (tertiary/aromatic N) is 2. The first-order valence-corrected chi connectivity index (χ1v) is 13.4. The second-order valence-electron chi connectivity index (χ2n) is 9.72. The molecular formula is C26H26Cl2F5N5O4. The van der Waals surface area contributed by atoms with Crippen molar-refractivity contribution < 1.29 is 41.0 Å². The molecule has 0 spiro atoms. The fraction of sp³-hybridized carbons (Fsp3) is 0.423. The van der Waals surface area contributed by atoms with Crippen LogP contribution in [0, 0.1) is 0 Å². The molecule has 3 aromatic rings. The fourth-order valence-corrected chi connectivity index (χ4v) is 4.87. The molecule has 0 bridgehead atoms. The first-order valence-electron chi connectivity index (χ1n) is 12.6. The Hall–Kier alpha value is -3.36. The highest BCUT2D eigenvalue weighted by atomic mass is 35.5. The highest BCUT2D eigenvalue weighted by molar-refractivity contribution is 6.39. The average molecular weight is 638 g/mol. The normalized spacial score (nSPS) is 17.1. The lowest BCUT2D eigenvalue weighted by molar-refractivity contribution is -0.139. The molecule has 2 amide bonds. The van der Waals surface area contributed by atoms with Crippen molar-refractivity contribution in [3.8, 4) is 5.75 Å². The van der Waals surface area contributed by atoms with Gasteiger partial charge in [-0.1, -0.05) is 29.3 Å². The van der Waals surface area contributed by atoms with Gasteiger partial charge in [0.15, 0.2) is 0 Å². The second kappa shape index (κ2) is 12.5. The van der Waals surface area contributed by atoms with E-state index in [-0.39, 0.29) is 45.4 Å². The van der Waals surface area contributed by atoms with Crippen LogP contribution in [-0.4, -0.2) is 59.3 Å². The van der Waals surface area contributed by atoms with Crippen LogP contribution in [0.4, 0.5) is 33.6 Å². The number of alkyl halides is 5. The molecule has 1 saturated heterocycles. The maximum atomic E-state index is 12.8. The Labute approximate surface area is 246 Å². The Morgan fingerprint density at radius 1 is 1.21 bits per heavy atom. The van der Waals surface area contributed by atoms with Gasteiger partial charge in [0.1, 0.15) is 24.5 Å². The SMILES string of the molecule is Cn1c(Nc2c(Cl)ccc(CNC(=O)C3(C)CCCO3)c2Cl)nc2cc(C(=O)NCC(F)(F)F)c(OCC(F)F)cc21. The summed E-state index contributed by atoms with van der Waals surface area (Å²) >= 11 is 13.0. The molecule has 228 valence electrons. The number of halogens is 7. The summed E-state index contributed by atoms with van der Waals surface area (Å²) < 4.78 is 75.8. The van der Waals surface area contributed by atoms with Crippen molar-refractivity contribution >= 4 is 57.7 Å². The van der Waals surface area contributed by atoms with Crippen molar-refractivity contribution in [2.75, 3.05) is 25.1 Å². The Bertz CT molecular complexity index is 1490. The number of hydrogen-bond acceptors (Lipinski definition) is 6. The summed E-state index contributed by atoms with van der Waals surface area (Å²) in [4.78, 5) is 29.6. The molecule has 2 heterocycles. The van der Waals surface area contributed by atoms with Gasteiger partial charge >= 0.3 is 6.18 Å². The first kappa shape index (κ1) is 31.6. The van der Waals surface area contributed by atoms with Gasteiger partial charge in [0.25, 0.3) is 18.2 Å². The number of imidazole rings is 1. The van der Waals surface area contributed by atoms with E-state index in [1.165, 1.54) is 10.6 Å². The molecule has 3 N–H and O–H groups in total. The number of carbonyl (C=O) groups excluding carboxylic acids is 2. The van der Waals surface area contributed by atoms with Crippen molar-refractivity contribution in [2.45, 2.75) is 44.5 Å². The molecule has 42 heavy (non-hydrogen) atoms. The molecule has 1 aliphatic rings. The number of aryl methyl sites for hydroxylation is 1. The van der Waals surface area contributed by atoms with Crippen molar-refractivity contribution in [3.63, 3.8) is 0 Å². The third-order valence-corrected chi connectivity index (χ3v) is 7.33. The smallest absolute Gasteiger partial charge is 0.405 e. The van der Waals surface area contributed by atoms with E-state index in [0.29, 0.717) is 24.1 Å². The largest absolute Gasteiger partial charge is 0.487 e. The number of anilines is 2. The molecule has 0 aliphatic carbocycles. The number of hydrogen-bond donors (Lipinski definition) is 3.